The van der Waals surface area contributed by atoms with Crippen LogP contribution >= 0.6 is 11.6 Å². The van der Waals surface area contributed by atoms with E-state index in [0.29, 0.717) is 22.1 Å². The van der Waals surface area contributed by atoms with Crippen molar-refractivity contribution >= 4 is 46.0 Å². The number of fused-ring (bicyclic) bond motifs is 6. The SMILES string of the molecule is Cc1ccc(N(c2ccc(C)cc2)c2ccc3c(c2)Oc2cc(C)c(Nc4ccc(Cl)cc4)cc2C32OC(=O)c3ccccc32)cc1. The van der Waals surface area contributed by atoms with Gasteiger partial charge >= 0.3 is 5.97 Å². The van der Waals surface area contributed by atoms with Crippen molar-refractivity contribution in [1.82, 2.24) is 0 Å². The average molecular weight is 635 g/mol. The fourth-order valence-corrected chi connectivity index (χ4v) is 6.73. The second-order valence-corrected chi connectivity index (χ2v) is 12.6. The van der Waals surface area contributed by atoms with Crippen LogP contribution in [0.5, 0.6) is 11.5 Å². The Morgan fingerprint density at radius 3 is 1.94 bits per heavy atom. The standard InChI is InChI=1S/C41H31ClN2O3/c1-25-8-16-30(17-9-25)44(31-18-10-26(2)11-19-31)32-20-21-35-39(23-32)46-38-22-27(3)37(43-29-14-12-28(42)13-15-29)24-36(38)41(35)34-7-5-4-6-33(34)40(45)47-41/h4-24,43H,1-3H3. The Morgan fingerprint density at radius 1 is 0.638 bits per heavy atom. The Kier molecular flexibility index (Phi) is 6.81. The number of nitrogens with one attached hydrogen (secondary N) is 1. The first-order valence-electron chi connectivity index (χ1n) is 15.6. The minimum absolute atomic E-state index is 0.364. The predicted molar refractivity (Wildman–Crippen MR) is 188 cm³/mol. The monoisotopic (exact) mass is 634 g/mol. The molecule has 0 saturated carbocycles. The van der Waals surface area contributed by atoms with Gasteiger partial charge in [0.05, 0.1) is 5.56 Å². The zero-order chi connectivity index (χ0) is 32.3. The van der Waals surface area contributed by atoms with E-state index in [-0.39, 0.29) is 5.97 Å². The number of nitrogens with zero attached hydrogens (tertiary/aromatic N) is 1. The van der Waals surface area contributed by atoms with Crippen molar-refractivity contribution in [3.05, 3.63) is 171 Å². The van der Waals surface area contributed by atoms with Gasteiger partial charge in [0.15, 0.2) is 5.60 Å². The van der Waals surface area contributed by atoms with Crippen molar-refractivity contribution in [3.63, 3.8) is 0 Å². The second-order valence-electron chi connectivity index (χ2n) is 12.2. The highest BCUT2D eigenvalue weighted by Gasteiger charge is 2.53. The van der Waals surface area contributed by atoms with E-state index >= 15 is 0 Å². The number of aryl methyl sites for hydroxylation is 3. The van der Waals surface area contributed by atoms with Gasteiger partial charge in [0.1, 0.15) is 11.5 Å². The summed E-state index contributed by atoms with van der Waals surface area (Å²) < 4.78 is 13.2. The molecule has 0 amide bonds. The quantitative estimate of drug-likeness (QED) is 0.191. The molecule has 0 fully saturated rings. The molecular weight excluding hydrogens is 604 g/mol. The minimum Gasteiger partial charge on any atom is -0.456 e. The van der Waals surface area contributed by atoms with Gasteiger partial charge in [-0.05, 0) is 105 Å². The van der Waals surface area contributed by atoms with Crippen molar-refractivity contribution in [3.8, 4) is 11.5 Å². The number of ether oxygens (including phenoxy) is 2. The normalized spacial score (nSPS) is 15.7. The lowest BCUT2D eigenvalue weighted by Crippen LogP contribution is -2.33. The lowest BCUT2D eigenvalue weighted by Gasteiger charge is -2.38. The number of carbonyl (C=O) groups is 1. The molecule has 2 aliphatic heterocycles. The summed E-state index contributed by atoms with van der Waals surface area (Å²) in [6, 6.07) is 42.3. The molecule has 8 rings (SSSR count). The Balaban J connectivity index is 1.31. The molecule has 0 aliphatic carbocycles. The van der Waals surface area contributed by atoms with Gasteiger partial charge in [-0.25, -0.2) is 4.79 Å². The third-order valence-electron chi connectivity index (χ3n) is 9.01. The number of esters is 1. The fraction of sp³-hybridized carbons (Fsp3) is 0.0976. The van der Waals surface area contributed by atoms with Gasteiger partial charge in [0, 0.05) is 56.2 Å². The molecule has 2 aliphatic rings. The number of hydrogen-bond donors (Lipinski definition) is 1. The van der Waals surface area contributed by atoms with Gasteiger partial charge in [-0.1, -0.05) is 65.2 Å². The molecule has 1 spiro atoms. The van der Waals surface area contributed by atoms with Crippen molar-refractivity contribution in [2.75, 3.05) is 10.2 Å². The van der Waals surface area contributed by atoms with Crippen molar-refractivity contribution in [2.24, 2.45) is 0 Å². The van der Waals surface area contributed by atoms with Crippen LogP contribution < -0.4 is 15.0 Å². The number of rotatable bonds is 5. The highest BCUT2D eigenvalue weighted by atomic mass is 35.5. The molecule has 1 N–H and O–H groups in total. The molecule has 0 bridgehead atoms. The van der Waals surface area contributed by atoms with E-state index in [0.717, 1.165) is 50.7 Å². The van der Waals surface area contributed by atoms with E-state index in [4.69, 9.17) is 21.1 Å². The molecule has 0 radical (unpaired) electrons. The summed E-state index contributed by atoms with van der Waals surface area (Å²) in [5.74, 6) is 0.897. The molecule has 6 aromatic carbocycles. The fourth-order valence-electron chi connectivity index (χ4n) is 6.61. The second kappa shape index (κ2) is 11.1. The number of benzene rings is 6. The summed E-state index contributed by atoms with van der Waals surface area (Å²) in [4.78, 5) is 15.7. The van der Waals surface area contributed by atoms with Crippen LogP contribution in [0.15, 0.2) is 127 Å². The molecule has 0 saturated heterocycles. The van der Waals surface area contributed by atoms with E-state index < -0.39 is 5.60 Å². The maximum Gasteiger partial charge on any atom is 0.340 e. The first-order chi connectivity index (χ1) is 22.8. The van der Waals surface area contributed by atoms with Gasteiger partial charge in [-0.15, -0.1) is 0 Å². The Hall–Kier alpha value is -5.52. The van der Waals surface area contributed by atoms with Gasteiger partial charge < -0.3 is 19.7 Å². The van der Waals surface area contributed by atoms with Crippen LogP contribution in [0.2, 0.25) is 5.02 Å². The summed E-state index contributed by atoms with van der Waals surface area (Å²) in [5.41, 5.74) is 9.75. The molecule has 0 aromatic heterocycles. The van der Waals surface area contributed by atoms with Crippen molar-refractivity contribution < 1.29 is 14.3 Å². The maximum atomic E-state index is 13.5. The van der Waals surface area contributed by atoms with E-state index in [9.17, 15) is 4.79 Å². The summed E-state index contributed by atoms with van der Waals surface area (Å²) >= 11 is 6.15. The number of halogens is 1. The molecule has 6 heteroatoms. The molecular formula is C41H31ClN2O3. The summed E-state index contributed by atoms with van der Waals surface area (Å²) in [7, 11) is 0. The van der Waals surface area contributed by atoms with Crippen LogP contribution in [0.4, 0.5) is 28.4 Å². The van der Waals surface area contributed by atoms with Gasteiger partial charge in [-0.3, -0.25) is 0 Å². The zero-order valence-electron chi connectivity index (χ0n) is 26.2. The van der Waals surface area contributed by atoms with E-state index in [1.807, 2.05) is 79.7 Å². The maximum absolute atomic E-state index is 13.5. The van der Waals surface area contributed by atoms with E-state index in [1.54, 1.807) is 0 Å². The first-order valence-corrected chi connectivity index (χ1v) is 15.9. The van der Waals surface area contributed by atoms with Crippen LogP contribution in [0.3, 0.4) is 0 Å². The Morgan fingerprint density at radius 2 is 1.26 bits per heavy atom. The van der Waals surface area contributed by atoms with Gasteiger partial charge in [-0.2, -0.15) is 0 Å². The summed E-state index contributed by atoms with van der Waals surface area (Å²) in [6.07, 6.45) is 0. The van der Waals surface area contributed by atoms with Crippen LogP contribution in [-0.4, -0.2) is 5.97 Å². The third-order valence-corrected chi connectivity index (χ3v) is 9.26. The van der Waals surface area contributed by atoms with E-state index in [1.165, 1.54) is 11.1 Å². The molecule has 1 unspecified atom stereocenters. The molecule has 230 valence electrons. The highest BCUT2D eigenvalue weighted by molar-refractivity contribution is 6.30. The Labute approximate surface area is 279 Å². The largest absolute Gasteiger partial charge is 0.456 e. The number of anilines is 5. The topological polar surface area (TPSA) is 50.8 Å². The number of hydrogen-bond acceptors (Lipinski definition) is 5. The van der Waals surface area contributed by atoms with Crippen LogP contribution in [0, 0.1) is 20.8 Å². The first kappa shape index (κ1) is 28.9. The van der Waals surface area contributed by atoms with Crippen molar-refractivity contribution in [1.29, 1.82) is 0 Å². The molecule has 2 heterocycles. The van der Waals surface area contributed by atoms with Crippen LogP contribution in [0.1, 0.15) is 43.7 Å². The highest BCUT2D eigenvalue weighted by Crippen LogP contribution is 2.58. The van der Waals surface area contributed by atoms with Crippen LogP contribution in [-0.2, 0) is 10.3 Å². The third kappa shape index (κ3) is 4.82. The zero-order valence-corrected chi connectivity index (χ0v) is 26.9. The average Bonchev–Trinajstić information content (AvgIpc) is 3.37. The lowest BCUT2D eigenvalue weighted by molar-refractivity contribution is 0.0224. The van der Waals surface area contributed by atoms with Gasteiger partial charge in [0.25, 0.3) is 0 Å². The summed E-state index contributed by atoms with van der Waals surface area (Å²) in [5, 5.41) is 4.19. The number of carbonyl (C=O) groups excluding carboxylic acids is 1. The van der Waals surface area contributed by atoms with Crippen molar-refractivity contribution in [2.45, 2.75) is 26.4 Å². The summed E-state index contributed by atoms with van der Waals surface area (Å²) in [6.45, 7) is 6.21. The molecule has 6 aromatic rings. The molecule has 47 heavy (non-hydrogen) atoms. The predicted octanol–water partition coefficient (Wildman–Crippen LogP) is 11.0. The van der Waals surface area contributed by atoms with E-state index in [2.05, 4.69) is 78.7 Å². The van der Waals surface area contributed by atoms with Crippen LogP contribution in [0.25, 0.3) is 0 Å². The smallest absolute Gasteiger partial charge is 0.340 e. The molecule has 5 nitrogen and oxygen atoms in total. The lowest BCUT2D eigenvalue weighted by atomic mass is 9.77. The van der Waals surface area contributed by atoms with Gasteiger partial charge in [0.2, 0.25) is 0 Å². The molecule has 1 atom stereocenters. The Bertz CT molecular complexity index is 2130. The minimum atomic E-state index is -1.20.